The molecule has 1 N–H and O–H groups in total. The van der Waals surface area contributed by atoms with Gasteiger partial charge in [0.2, 0.25) is 0 Å². The zero-order valence-corrected chi connectivity index (χ0v) is 18.7. The van der Waals surface area contributed by atoms with Crippen molar-refractivity contribution >= 4 is 17.4 Å². The van der Waals surface area contributed by atoms with Crippen LogP contribution in [0.15, 0.2) is 72.8 Å². The Balaban J connectivity index is 1.81. The molecule has 2 aromatic heterocycles. The highest BCUT2D eigenvalue weighted by molar-refractivity contribution is 6.46. The average molecular weight is 444 g/mol. The summed E-state index contributed by atoms with van der Waals surface area (Å²) in [5, 5.41) is 11.2. The minimum atomic E-state index is -0.750. The van der Waals surface area contributed by atoms with Gasteiger partial charge in [-0.2, -0.15) is 0 Å². The molecule has 1 aromatic carbocycles. The summed E-state index contributed by atoms with van der Waals surface area (Å²) >= 11 is 0. The van der Waals surface area contributed by atoms with Crippen molar-refractivity contribution in [3.8, 4) is 5.75 Å². The number of aliphatic hydroxyl groups excluding tert-OH is 1. The summed E-state index contributed by atoms with van der Waals surface area (Å²) in [5.74, 6) is -0.913. The van der Waals surface area contributed by atoms with Gasteiger partial charge in [-0.05, 0) is 73.9 Å². The molecule has 4 rings (SSSR count). The van der Waals surface area contributed by atoms with E-state index in [1.807, 2.05) is 26.8 Å². The normalized spacial score (nSPS) is 17.6. The number of carbonyl (C=O) groups excluding carboxylic acids is 2. The molecule has 1 fully saturated rings. The molecule has 7 nitrogen and oxygen atoms in total. The molecule has 168 valence electrons. The molecular weight excluding hydrogens is 418 g/mol. The van der Waals surface area contributed by atoms with E-state index in [1.165, 1.54) is 4.90 Å². The van der Waals surface area contributed by atoms with Gasteiger partial charge in [0.1, 0.15) is 11.5 Å². The molecule has 1 atom stereocenters. The Morgan fingerprint density at radius 3 is 2.48 bits per heavy atom. The lowest BCUT2D eigenvalue weighted by molar-refractivity contribution is -0.140. The maximum Gasteiger partial charge on any atom is 0.295 e. The van der Waals surface area contributed by atoms with Crippen LogP contribution >= 0.6 is 0 Å². The van der Waals surface area contributed by atoms with Gasteiger partial charge in [0.15, 0.2) is 0 Å². The number of Topliss-reactive ketones (excluding diaryl/α,β-unsaturated/α-hetero) is 1. The topological polar surface area (TPSA) is 92.6 Å². The Morgan fingerprint density at radius 1 is 1.09 bits per heavy atom. The first kappa shape index (κ1) is 22.2. The number of hydrogen-bond donors (Lipinski definition) is 1. The molecular formula is C26H25N3O4. The van der Waals surface area contributed by atoms with Crippen LogP contribution in [-0.2, 0) is 16.1 Å². The molecule has 0 saturated carbocycles. The van der Waals surface area contributed by atoms with Crippen LogP contribution in [0.2, 0.25) is 0 Å². The van der Waals surface area contributed by atoms with Gasteiger partial charge in [0.05, 0.1) is 17.7 Å². The molecule has 1 aliphatic rings. The number of amides is 1. The average Bonchev–Trinajstić information content (AvgIpc) is 3.06. The molecule has 0 bridgehead atoms. The molecule has 0 unspecified atom stereocenters. The van der Waals surface area contributed by atoms with Crippen molar-refractivity contribution in [2.24, 2.45) is 0 Å². The molecule has 1 saturated heterocycles. The van der Waals surface area contributed by atoms with E-state index in [0.29, 0.717) is 16.9 Å². The van der Waals surface area contributed by atoms with E-state index in [1.54, 1.807) is 61.2 Å². The molecule has 3 aromatic rings. The number of ketones is 1. The first-order chi connectivity index (χ1) is 15.9. The third-order valence-electron chi connectivity index (χ3n) is 5.45. The third kappa shape index (κ3) is 4.48. The monoisotopic (exact) mass is 443 g/mol. The van der Waals surface area contributed by atoms with E-state index in [9.17, 15) is 14.7 Å². The van der Waals surface area contributed by atoms with Crippen LogP contribution in [0.1, 0.15) is 42.1 Å². The summed E-state index contributed by atoms with van der Waals surface area (Å²) in [6.07, 6.45) is 6.50. The first-order valence-electron chi connectivity index (χ1n) is 10.7. The molecule has 1 aliphatic heterocycles. The summed E-state index contributed by atoms with van der Waals surface area (Å²) in [7, 11) is 0. The summed E-state index contributed by atoms with van der Waals surface area (Å²) in [6, 6.07) is 11.6. The zero-order chi connectivity index (χ0) is 23.5. The van der Waals surface area contributed by atoms with Gasteiger partial charge in [0, 0.05) is 36.9 Å². The van der Waals surface area contributed by atoms with Crippen molar-refractivity contribution < 1.29 is 19.4 Å². The Morgan fingerprint density at radius 2 is 1.85 bits per heavy atom. The second-order valence-electron chi connectivity index (χ2n) is 8.22. The number of rotatable bonds is 6. The number of aliphatic hydroxyl groups is 1. The quantitative estimate of drug-likeness (QED) is 0.349. The van der Waals surface area contributed by atoms with Gasteiger partial charge in [-0.15, -0.1) is 0 Å². The van der Waals surface area contributed by atoms with Crippen LogP contribution in [0.4, 0.5) is 0 Å². The van der Waals surface area contributed by atoms with Crippen LogP contribution in [0.5, 0.6) is 5.75 Å². The molecule has 1 amide bonds. The second kappa shape index (κ2) is 9.24. The highest BCUT2D eigenvalue weighted by Gasteiger charge is 2.46. The fourth-order valence-electron chi connectivity index (χ4n) is 3.96. The lowest BCUT2D eigenvalue weighted by atomic mass is 9.95. The van der Waals surface area contributed by atoms with E-state index in [-0.39, 0.29) is 24.0 Å². The van der Waals surface area contributed by atoms with Crippen molar-refractivity contribution in [1.29, 1.82) is 0 Å². The number of aromatic nitrogens is 2. The lowest BCUT2D eigenvalue weighted by Crippen LogP contribution is -2.29. The Kier molecular flexibility index (Phi) is 6.22. The first-order valence-corrected chi connectivity index (χ1v) is 10.7. The maximum atomic E-state index is 13.1. The number of aryl methyl sites for hydroxylation is 1. The lowest BCUT2D eigenvalue weighted by Gasteiger charge is -2.25. The van der Waals surface area contributed by atoms with E-state index in [2.05, 4.69) is 9.97 Å². The predicted octanol–water partition coefficient (Wildman–Crippen LogP) is 4.19. The number of pyridine rings is 2. The van der Waals surface area contributed by atoms with Crippen molar-refractivity contribution in [1.82, 2.24) is 14.9 Å². The third-order valence-corrected chi connectivity index (χ3v) is 5.45. The number of carbonyl (C=O) groups is 2. The Bertz CT molecular complexity index is 1210. The van der Waals surface area contributed by atoms with Crippen molar-refractivity contribution in [3.05, 3.63) is 95.1 Å². The zero-order valence-electron chi connectivity index (χ0n) is 18.7. The fraction of sp³-hybridized carbons (Fsp3) is 0.231. The molecule has 3 heterocycles. The van der Waals surface area contributed by atoms with E-state index >= 15 is 0 Å². The van der Waals surface area contributed by atoms with E-state index in [4.69, 9.17) is 4.74 Å². The van der Waals surface area contributed by atoms with E-state index < -0.39 is 17.7 Å². The van der Waals surface area contributed by atoms with Crippen LogP contribution in [0.25, 0.3) is 5.76 Å². The maximum absolute atomic E-state index is 13.1. The summed E-state index contributed by atoms with van der Waals surface area (Å²) in [4.78, 5) is 35.8. The minimum Gasteiger partial charge on any atom is -0.507 e. The van der Waals surface area contributed by atoms with Gasteiger partial charge < -0.3 is 14.7 Å². The van der Waals surface area contributed by atoms with Crippen LogP contribution < -0.4 is 4.74 Å². The largest absolute Gasteiger partial charge is 0.507 e. The number of hydrogen-bond acceptors (Lipinski definition) is 6. The van der Waals surface area contributed by atoms with Gasteiger partial charge in [-0.25, -0.2) is 0 Å². The van der Waals surface area contributed by atoms with E-state index in [0.717, 1.165) is 11.1 Å². The van der Waals surface area contributed by atoms with Crippen LogP contribution in [0.3, 0.4) is 0 Å². The van der Waals surface area contributed by atoms with Gasteiger partial charge >= 0.3 is 0 Å². The molecule has 0 spiro atoms. The predicted molar refractivity (Wildman–Crippen MR) is 123 cm³/mol. The number of benzene rings is 1. The Hall–Kier alpha value is -4.00. The number of nitrogens with zero attached hydrogens (tertiary/aromatic N) is 3. The SMILES string of the molecule is Cc1cc(C(O)=C2C(=O)C(=O)N(Cc3cccnc3)[C@H]2c2ccncc2)ccc1OC(C)C. The fourth-order valence-corrected chi connectivity index (χ4v) is 3.96. The number of likely N-dealkylation sites (tertiary alicyclic amines) is 1. The van der Waals surface area contributed by atoms with Gasteiger partial charge in [0.25, 0.3) is 11.7 Å². The van der Waals surface area contributed by atoms with Crippen molar-refractivity contribution in [3.63, 3.8) is 0 Å². The summed E-state index contributed by atoms with van der Waals surface area (Å²) < 4.78 is 5.78. The smallest absolute Gasteiger partial charge is 0.295 e. The number of ether oxygens (including phenoxy) is 1. The van der Waals surface area contributed by atoms with Gasteiger partial charge in [-0.1, -0.05) is 6.07 Å². The Labute approximate surface area is 192 Å². The highest BCUT2D eigenvalue weighted by Crippen LogP contribution is 2.40. The molecule has 7 heteroatoms. The van der Waals surface area contributed by atoms with Crippen molar-refractivity contribution in [2.75, 3.05) is 0 Å². The standard InChI is InChI=1S/C26H25N3O4/c1-16(2)33-21-7-6-20(13-17(21)3)24(30)22-23(19-8-11-27-12-9-19)29(26(32)25(22)31)15-18-5-4-10-28-14-18/h4-14,16,23,30H,15H2,1-3H3/t23-/m0/s1. The molecule has 0 aliphatic carbocycles. The highest BCUT2D eigenvalue weighted by atomic mass is 16.5. The minimum absolute atomic E-state index is 0.00707. The van der Waals surface area contributed by atoms with Crippen LogP contribution in [-0.4, -0.2) is 37.8 Å². The van der Waals surface area contributed by atoms with Crippen LogP contribution in [0, 0.1) is 6.92 Å². The second-order valence-corrected chi connectivity index (χ2v) is 8.22. The molecule has 0 radical (unpaired) electrons. The molecule has 33 heavy (non-hydrogen) atoms. The van der Waals surface area contributed by atoms with Gasteiger partial charge in [-0.3, -0.25) is 19.6 Å². The van der Waals surface area contributed by atoms with Crippen molar-refractivity contribution in [2.45, 2.75) is 39.5 Å². The summed E-state index contributed by atoms with van der Waals surface area (Å²) in [6.45, 7) is 5.93. The summed E-state index contributed by atoms with van der Waals surface area (Å²) in [5.41, 5.74) is 2.78.